The molecule has 0 aliphatic carbocycles. The molecule has 1 heterocycles. The molecule has 1 N–H and O–H groups in total. The van der Waals surface area contributed by atoms with E-state index >= 15 is 0 Å². The normalized spacial score (nSPS) is 15.8. The number of para-hydroxylation sites is 1. The lowest BCUT2D eigenvalue weighted by Gasteiger charge is -2.31. The second kappa shape index (κ2) is 9.89. The van der Waals surface area contributed by atoms with Gasteiger partial charge in [0.25, 0.3) is 0 Å². The van der Waals surface area contributed by atoms with Gasteiger partial charge in [0, 0.05) is 31.6 Å². The smallest absolute Gasteiger partial charge is 0.243 e. The Balaban J connectivity index is 1.42. The van der Waals surface area contributed by atoms with E-state index in [2.05, 4.69) is 5.32 Å². The largest absolute Gasteiger partial charge is 0.496 e. The zero-order valence-electron chi connectivity index (χ0n) is 16.7. The molecule has 1 saturated heterocycles. The highest BCUT2D eigenvalue weighted by Gasteiger charge is 2.29. The average molecular weight is 417 g/mol. The fourth-order valence-electron chi connectivity index (χ4n) is 3.65. The number of amides is 1. The molecule has 0 radical (unpaired) electrons. The molecule has 0 atom stereocenters. The minimum Gasteiger partial charge on any atom is -0.496 e. The zero-order chi connectivity index (χ0) is 20.7. The molecule has 1 aliphatic heterocycles. The first-order valence-electron chi connectivity index (χ1n) is 9.94. The molecule has 156 valence electrons. The Morgan fingerprint density at radius 1 is 1.07 bits per heavy atom. The molecule has 0 aromatic heterocycles. The van der Waals surface area contributed by atoms with Crippen molar-refractivity contribution in [1.29, 1.82) is 0 Å². The third kappa shape index (κ3) is 5.58. The predicted molar refractivity (Wildman–Crippen MR) is 112 cm³/mol. The third-order valence-electron chi connectivity index (χ3n) is 5.40. The van der Waals surface area contributed by atoms with Crippen LogP contribution in [0.5, 0.6) is 5.75 Å². The van der Waals surface area contributed by atoms with Crippen molar-refractivity contribution >= 4 is 15.9 Å². The van der Waals surface area contributed by atoms with Gasteiger partial charge in [-0.3, -0.25) is 4.79 Å². The van der Waals surface area contributed by atoms with Gasteiger partial charge in [0.15, 0.2) is 0 Å². The van der Waals surface area contributed by atoms with Crippen molar-refractivity contribution in [3.63, 3.8) is 0 Å². The van der Waals surface area contributed by atoms with E-state index in [0.29, 0.717) is 36.9 Å². The number of hydrogen-bond donors (Lipinski definition) is 1. The molecule has 7 heteroatoms. The summed E-state index contributed by atoms with van der Waals surface area (Å²) >= 11 is 0. The molecule has 0 unspecified atom stereocenters. The van der Waals surface area contributed by atoms with Gasteiger partial charge in [-0.25, -0.2) is 8.42 Å². The van der Waals surface area contributed by atoms with Crippen molar-refractivity contribution in [2.75, 3.05) is 20.2 Å². The number of nitrogens with one attached hydrogen (secondary N) is 1. The van der Waals surface area contributed by atoms with Crippen molar-refractivity contribution in [1.82, 2.24) is 9.62 Å². The van der Waals surface area contributed by atoms with Gasteiger partial charge in [-0.05, 0) is 43.4 Å². The van der Waals surface area contributed by atoms with Crippen LogP contribution in [-0.2, 0) is 21.4 Å². The van der Waals surface area contributed by atoms with Crippen molar-refractivity contribution < 1.29 is 17.9 Å². The maximum atomic E-state index is 12.7. The first kappa shape index (κ1) is 21.3. The van der Waals surface area contributed by atoms with Crippen LogP contribution in [-0.4, -0.2) is 38.8 Å². The van der Waals surface area contributed by atoms with Crippen molar-refractivity contribution in [2.24, 2.45) is 5.92 Å². The van der Waals surface area contributed by atoms with Gasteiger partial charge >= 0.3 is 0 Å². The van der Waals surface area contributed by atoms with Gasteiger partial charge in [-0.15, -0.1) is 0 Å². The fourth-order valence-corrected chi connectivity index (χ4v) is 5.14. The SMILES string of the molecule is COc1ccccc1CNC(=O)CCC1CCN(S(=O)(=O)c2ccccc2)CC1. The van der Waals surface area contributed by atoms with E-state index in [1.165, 1.54) is 0 Å². The molecule has 1 amide bonds. The molecule has 6 nitrogen and oxygen atoms in total. The summed E-state index contributed by atoms with van der Waals surface area (Å²) in [4.78, 5) is 12.6. The summed E-state index contributed by atoms with van der Waals surface area (Å²) in [5, 5.41) is 2.94. The maximum Gasteiger partial charge on any atom is 0.243 e. The number of benzene rings is 2. The Kier molecular flexibility index (Phi) is 7.28. The first-order valence-corrected chi connectivity index (χ1v) is 11.4. The van der Waals surface area contributed by atoms with E-state index in [9.17, 15) is 13.2 Å². The zero-order valence-corrected chi connectivity index (χ0v) is 17.5. The van der Waals surface area contributed by atoms with Crippen molar-refractivity contribution in [3.8, 4) is 5.75 Å². The number of piperidine rings is 1. The summed E-state index contributed by atoms with van der Waals surface area (Å²) in [5.41, 5.74) is 0.947. The fraction of sp³-hybridized carbons (Fsp3) is 0.409. The van der Waals surface area contributed by atoms with Crippen LogP contribution in [0.25, 0.3) is 0 Å². The number of carbonyl (C=O) groups excluding carboxylic acids is 1. The van der Waals surface area contributed by atoms with E-state index < -0.39 is 10.0 Å². The lowest BCUT2D eigenvalue weighted by molar-refractivity contribution is -0.121. The number of sulfonamides is 1. The Morgan fingerprint density at radius 3 is 2.41 bits per heavy atom. The molecular formula is C22H28N2O4S. The molecule has 0 bridgehead atoms. The van der Waals surface area contributed by atoms with Crippen LogP contribution in [0.15, 0.2) is 59.5 Å². The highest BCUT2D eigenvalue weighted by molar-refractivity contribution is 7.89. The first-order chi connectivity index (χ1) is 14.0. The number of carbonyl (C=O) groups is 1. The van der Waals surface area contributed by atoms with Crippen LogP contribution in [0.1, 0.15) is 31.2 Å². The van der Waals surface area contributed by atoms with Crippen LogP contribution in [0, 0.1) is 5.92 Å². The molecule has 1 fully saturated rings. The van der Waals surface area contributed by atoms with E-state index in [4.69, 9.17) is 4.74 Å². The summed E-state index contributed by atoms with van der Waals surface area (Å²) in [6.07, 6.45) is 2.79. The summed E-state index contributed by atoms with van der Waals surface area (Å²) in [6, 6.07) is 16.2. The number of hydrogen-bond acceptors (Lipinski definition) is 4. The molecule has 1 aliphatic rings. The van der Waals surface area contributed by atoms with E-state index in [1.807, 2.05) is 30.3 Å². The minimum absolute atomic E-state index is 0.00948. The highest BCUT2D eigenvalue weighted by Crippen LogP contribution is 2.26. The molecule has 2 aromatic carbocycles. The van der Waals surface area contributed by atoms with Gasteiger partial charge in [0.05, 0.1) is 12.0 Å². The molecular weight excluding hydrogens is 388 g/mol. The summed E-state index contributed by atoms with van der Waals surface area (Å²) in [5.74, 6) is 1.14. The van der Waals surface area contributed by atoms with E-state index in [-0.39, 0.29) is 5.91 Å². The van der Waals surface area contributed by atoms with Gasteiger partial charge < -0.3 is 10.1 Å². The Morgan fingerprint density at radius 2 is 1.72 bits per heavy atom. The van der Waals surface area contributed by atoms with E-state index in [1.54, 1.807) is 35.7 Å². The van der Waals surface area contributed by atoms with Crippen LogP contribution in [0.4, 0.5) is 0 Å². The number of ether oxygens (including phenoxy) is 1. The summed E-state index contributed by atoms with van der Waals surface area (Å²) in [7, 11) is -1.80. The van der Waals surface area contributed by atoms with Crippen molar-refractivity contribution in [3.05, 3.63) is 60.2 Å². The van der Waals surface area contributed by atoms with Gasteiger partial charge in [0.1, 0.15) is 5.75 Å². The van der Waals surface area contributed by atoms with E-state index in [0.717, 1.165) is 30.6 Å². The van der Waals surface area contributed by atoms with Crippen LogP contribution in [0.3, 0.4) is 0 Å². The monoisotopic (exact) mass is 416 g/mol. The number of methoxy groups -OCH3 is 1. The second-order valence-electron chi connectivity index (χ2n) is 7.29. The average Bonchev–Trinajstić information content (AvgIpc) is 2.77. The minimum atomic E-state index is -3.42. The predicted octanol–water partition coefficient (Wildman–Crippen LogP) is 3.19. The van der Waals surface area contributed by atoms with Gasteiger partial charge in [-0.2, -0.15) is 4.31 Å². The van der Waals surface area contributed by atoms with Gasteiger partial charge in [0.2, 0.25) is 15.9 Å². The standard InChI is InChI=1S/C22H28N2O4S/c1-28-21-10-6-5-7-19(21)17-23-22(25)12-11-18-13-15-24(16-14-18)29(26,27)20-8-3-2-4-9-20/h2-10,18H,11-17H2,1H3,(H,23,25). The molecule has 0 saturated carbocycles. The van der Waals surface area contributed by atoms with Crippen LogP contribution < -0.4 is 10.1 Å². The number of rotatable bonds is 8. The second-order valence-corrected chi connectivity index (χ2v) is 9.23. The molecule has 0 spiro atoms. The number of nitrogens with zero attached hydrogens (tertiary/aromatic N) is 1. The maximum absolute atomic E-state index is 12.7. The molecule has 29 heavy (non-hydrogen) atoms. The highest BCUT2D eigenvalue weighted by atomic mass is 32.2. The Bertz CT molecular complexity index is 907. The summed E-state index contributed by atoms with van der Waals surface area (Å²) < 4.78 is 32.2. The topological polar surface area (TPSA) is 75.7 Å². The quantitative estimate of drug-likeness (QED) is 0.717. The molecule has 2 aromatic rings. The summed E-state index contributed by atoms with van der Waals surface area (Å²) in [6.45, 7) is 1.45. The Labute approximate surface area is 172 Å². The Hall–Kier alpha value is -2.38. The molecule has 3 rings (SSSR count). The van der Waals surface area contributed by atoms with Gasteiger partial charge in [-0.1, -0.05) is 36.4 Å². The lowest BCUT2D eigenvalue weighted by Crippen LogP contribution is -2.38. The lowest BCUT2D eigenvalue weighted by atomic mass is 9.93. The van der Waals surface area contributed by atoms with Crippen LogP contribution >= 0.6 is 0 Å². The van der Waals surface area contributed by atoms with Crippen LogP contribution in [0.2, 0.25) is 0 Å². The third-order valence-corrected chi connectivity index (χ3v) is 7.32. The van der Waals surface area contributed by atoms with Crippen molar-refractivity contribution in [2.45, 2.75) is 37.1 Å².